The molecule has 0 saturated carbocycles. The van der Waals surface area contributed by atoms with Crippen molar-refractivity contribution in [1.82, 2.24) is 4.90 Å². The number of carbonyl (C=O) groups is 1. The molecule has 0 heterocycles. The Balaban J connectivity index is 2.92. The first-order valence-electron chi connectivity index (χ1n) is 5.56. The predicted octanol–water partition coefficient (Wildman–Crippen LogP) is 4.06. The van der Waals surface area contributed by atoms with Gasteiger partial charge in [-0.25, -0.2) is 0 Å². The molecule has 0 bridgehead atoms. The van der Waals surface area contributed by atoms with Crippen LogP contribution in [0.2, 0.25) is 5.02 Å². The van der Waals surface area contributed by atoms with Crippen LogP contribution in [0, 0.1) is 9.49 Å². The van der Waals surface area contributed by atoms with Gasteiger partial charge in [0.25, 0.3) is 5.91 Å². The molecule has 0 aliphatic heterocycles. The van der Waals surface area contributed by atoms with Crippen molar-refractivity contribution in [3.8, 4) is 0 Å². The van der Waals surface area contributed by atoms with E-state index in [9.17, 15) is 4.79 Å². The number of hydrogen-bond acceptors (Lipinski definition) is 1. The standard InChI is InChI=1S/C13H17ClINO/c1-8(2)9(3)16(4)13(17)10-5-6-12(15)11(14)7-10/h5-9H,1-4H3. The molecular weight excluding hydrogens is 349 g/mol. The van der Waals surface area contributed by atoms with Gasteiger partial charge in [-0.1, -0.05) is 25.4 Å². The summed E-state index contributed by atoms with van der Waals surface area (Å²) in [6.45, 7) is 6.27. The maximum Gasteiger partial charge on any atom is 0.253 e. The van der Waals surface area contributed by atoms with Gasteiger partial charge in [-0.15, -0.1) is 0 Å². The van der Waals surface area contributed by atoms with Gasteiger partial charge in [0.15, 0.2) is 0 Å². The average Bonchev–Trinajstić information content (AvgIpc) is 2.29. The average molecular weight is 366 g/mol. The molecule has 94 valence electrons. The highest BCUT2D eigenvalue weighted by Crippen LogP contribution is 2.21. The van der Waals surface area contributed by atoms with Crippen LogP contribution in [0.4, 0.5) is 0 Å². The fraction of sp³-hybridized carbons (Fsp3) is 0.462. The third kappa shape index (κ3) is 3.58. The molecule has 0 fully saturated rings. The Morgan fingerprint density at radius 3 is 2.41 bits per heavy atom. The van der Waals surface area contributed by atoms with Crippen LogP contribution in [0.1, 0.15) is 31.1 Å². The van der Waals surface area contributed by atoms with Gasteiger partial charge in [0, 0.05) is 22.2 Å². The highest BCUT2D eigenvalue weighted by atomic mass is 127. The van der Waals surface area contributed by atoms with Crippen molar-refractivity contribution in [1.29, 1.82) is 0 Å². The van der Waals surface area contributed by atoms with Crippen LogP contribution in [0.15, 0.2) is 18.2 Å². The maximum absolute atomic E-state index is 12.2. The highest BCUT2D eigenvalue weighted by Gasteiger charge is 2.20. The van der Waals surface area contributed by atoms with Crippen molar-refractivity contribution in [3.63, 3.8) is 0 Å². The van der Waals surface area contributed by atoms with E-state index in [0.29, 0.717) is 16.5 Å². The zero-order valence-electron chi connectivity index (χ0n) is 10.5. The molecule has 2 nitrogen and oxygen atoms in total. The number of amides is 1. The predicted molar refractivity (Wildman–Crippen MR) is 80.6 cm³/mol. The molecule has 0 radical (unpaired) electrons. The van der Waals surface area contributed by atoms with Crippen LogP contribution in [0.5, 0.6) is 0 Å². The number of rotatable bonds is 3. The zero-order valence-corrected chi connectivity index (χ0v) is 13.4. The van der Waals surface area contributed by atoms with Crippen molar-refractivity contribution >= 4 is 40.1 Å². The van der Waals surface area contributed by atoms with Gasteiger partial charge >= 0.3 is 0 Å². The summed E-state index contributed by atoms with van der Waals surface area (Å²) in [7, 11) is 1.83. The van der Waals surface area contributed by atoms with Gasteiger partial charge in [0.2, 0.25) is 0 Å². The summed E-state index contributed by atoms with van der Waals surface area (Å²) in [5.74, 6) is 0.452. The van der Waals surface area contributed by atoms with E-state index in [1.54, 1.807) is 11.0 Å². The zero-order chi connectivity index (χ0) is 13.2. The third-order valence-corrected chi connectivity index (χ3v) is 4.63. The summed E-state index contributed by atoms with van der Waals surface area (Å²) in [6, 6.07) is 5.62. The van der Waals surface area contributed by atoms with Gasteiger partial charge < -0.3 is 4.90 Å². The first-order chi connectivity index (χ1) is 7.84. The van der Waals surface area contributed by atoms with Gasteiger partial charge in [0.1, 0.15) is 0 Å². The Bertz CT molecular complexity index is 420. The molecular formula is C13H17ClINO. The largest absolute Gasteiger partial charge is 0.339 e. The number of carbonyl (C=O) groups excluding carboxylic acids is 1. The molecule has 0 aromatic heterocycles. The van der Waals surface area contributed by atoms with E-state index < -0.39 is 0 Å². The molecule has 1 aromatic carbocycles. The molecule has 0 saturated heterocycles. The van der Waals surface area contributed by atoms with Crippen LogP contribution in [0.3, 0.4) is 0 Å². The van der Waals surface area contributed by atoms with Crippen molar-refractivity contribution in [3.05, 3.63) is 32.4 Å². The minimum absolute atomic E-state index is 0.0181. The third-order valence-electron chi connectivity index (χ3n) is 3.06. The van der Waals surface area contributed by atoms with Crippen LogP contribution in [-0.2, 0) is 0 Å². The van der Waals surface area contributed by atoms with E-state index in [-0.39, 0.29) is 11.9 Å². The first kappa shape index (κ1) is 14.8. The topological polar surface area (TPSA) is 20.3 Å². The SMILES string of the molecule is CC(C)C(C)N(C)C(=O)c1ccc(I)c(Cl)c1. The second-order valence-corrected chi connectivity index (χ2v) is 6.10. The highest BCUT2D eigenvalue weighted by molar-refractivity contribution is 14.1. The smallest absolute Gasteiger partial charge is 0.253 e. The molecule has 1 unspecified atom stereocenters. The Morgan fingerprint density at radius 2 is 1.94 bits per heavy atom. The van der Waals surface area contributed by atoms with Gasteiger partial charge in [-0.05, 0) is 53.6 Å². The summed E-state index contributed by atoms with van der Waals surface area (Å²) in [5, 5.41) is 0.627. The normalized spacial score (nSPS) is 12.6. The van der Waals surface area contributed by atoms with E-state index in [0.717, 1.165) is 3.57 Å². The lowest BCUT2D eigenvalue weighted by Crippen LogP contribution is -2.38. The quantitative estimate of drug-likeness (QED) is 0.740. The number of halogens is 2. The van der Waals surface area contributed by atoms with Gasteiger partial charge in [-0.3, -0.25) is 4.79 Å². The molecule has 17 heavy (non-hydrogen) atoms. The molecule has 0 N–H and O–H groups in total. The minimum Gasteiger partial charge on any atom is -0.339 e. The summed E-state index contributed by atoms with van der Waals surface area (Å²) in [5.41, 5.74) is 0.644. The molecule has 0 aliphatic rings. The Hall–Kier alpha value is -0.290. The van der Waals surface area contributed by atoms with Crippen molar-refractivity contribution in [2.24, 2.45) is 5.92 Å². The molecule has 1 aromatic rings. The Morgan fingerprint density at radius 1 is 1.35 bits per heavy atom. The summed E-state index contributed by atoms with van der Waals surface area (Å²) in [4.78, 5) is 14.0. The van der Waals surface area contributed by atoms with Gasteiger partial charge in [0.05, 0.1) is 5.02 Å². The van der Waals surface area contributed by atoms with Crippen molar-refractivity contribution in [2.45, 2.75) is 26.8 Å². The Kier molecular flexibility index (Phi) is 5.25. The van der Waals surface area contributed by atoms with E-state index in [1.807, 2.05) is 19.2 Å². The minimum atomic E-state index is 0.0181. The number of benzene rings is 1. The second-order valence-electron chi connectivity index (χ2n) is 4.53. The summed E-state index contributed by atoms with van der Waals surface area (Å²) < 4.78 is 0.959. The fourth-order valence-electron chi connectivity index (χ4n) is 1.46. The van der Waals surface area contributed by atoms with E-state index in [4.69, 9.17) is 11.6 Å². The van der Waals surface area contributed by atoms with E-state index in [1.165, 1.54) is 0 Å². The Labute approximate surface area is 121 Å². The molecule has 4 heteroatoms. The number of nitrogens with zero attached hydrogens (tertiary/aromatic N) is 1. The van der Waals surface area contributed by atoms with Crippen LogP contribution >= 0.6 is 34.2 Å². The lowest BCUT2D eigenvalue weighted by molar-refractivity contribution is 0.0707. The maximum atomic E-state index is 12.2. The van der Waals surface area contributed by atoms with E-state index >= 15 is 0 Å². The second kappa shape index (κ2) is 6.05. The molecule has 1 amide bonds. The fourth-order valence-corrected chi connectivity index (χ4v) is 1.98. The van der Waals surface area contributed by atoms with Crippen LogP contribution < -0.4 is 0 Å². The number of hydrogen-bond donors (Lipinski definition) is 0. The lowest BCUT2D eigenvalue weighted by atomic mass is 10.0. The van der Waals surface area contributed by atoms with Crippen molar-refractivity contribution < 1.29 is 4.79 Å². The lowest BCUT2D eigenvalue weighted by Gasteiger charge is -2.28. The summed E-state index contributed by atoms with van der Waals surface area (Å²) in [6.07, 6.45) is 0. The molecule has 0 aliphatic carbocycles. The first-order valence-corrected chi connectivity index (χ1v) is 7.02. The van der Waals surface area contributed by atoms with Gasteiger partial charge in [-0.2, -0.15) is 0 Å². The summed E-state index contributed by atoms with van der Waals surface area (Å²) >= 11 is 8.18. The van der Waals surface area contributed by atoms with E-state index in [2.05, 4.69) is 43.4 Å². The van der Waals surface area contributed by atoms with Crippen LogP contribution in [0.25, 0.3) is 0 Å². The monoisotopic (exact) mass is 365 g/mol. The van der Waals surface area contributed by atoms with Crippen LogP contribution in [-0.4, -0.2) is 23.9 Å². The molecule has 0 spiro atoms. The van der Waals surface area contributed by atoms with Crippen molar-refractivity contribution in [2.75, 3.05) is 7.05 Å². The molecule has 1 rings (SSSR count). The molecule has 1 atom stereocenters.